The lowest BCUT2D eigenvalue weighted by atomic mass is 9.68. The van der Waals surface area contributed by atoms with E-state index >= 15 is 0 Å². The number of benzene rings is 8. The van der Waals surface area contributed by atoms with Crippen LogP contribution in [-0.2, 0) is 25.7 Å². The first-order chi connectivity index (χ1) is 40.1. The third-order valence-electron chi connectivity index (χ3n) is 17.4. The van der Waals surface area contributed by atoms with E-state index in [1.165, 1.54) is 71.9 Å². The van der Waals surface area contributed by atoms with E-state index in [2.05, 4.69) is 263 Å². The van der Waals surface area contributed by atoms with E-state index in [9.17, 15) is 0 Å². The Morgan fingerprint density at radius 1 is 0.346 bits per heavy atom. The average Bonchev–Trinajstić information content (AvgIpc) is 4.32. The van der Waals surface area contributed by atoms with Crippen LogP contribution in [0.3, 0.4) is 0 Å². The zero-order chi connectivity index (χ0) is 53.4. The molecule has 0 radical (unpaired) electrons. The van der Waals surface area contributed by atoms with Gasteiger partial charge in [0.15, 0.2) is 0 Å². The van der Waals surface area contributed by atoms with Crippen molar-refractivity contribution < 1.29 is 0 Å². The fourth-order valence-electron chi connectivity index (χ4n) is 13.9. The van der Waals surface area contributed by atoms with Crippen molar-refractivity contribution >= 4 is 83.0 Å². The lowest BCUT2D eigenvalue weighted by Gasteiger charge is -2.36. The topological polar surface area (TPSA) is 69.1 Å². The second-order valence-electron chi connectivity index (χ2n) is 22.2. The largest absolute Gasteiger partial charge is 0.333 e. The Labute approximate surface area is 468 Å². The Hall–Kier alpha value is -10.2. The van der Waals surface area contributed by atoms with E-state index in [1.807, 2.05) is 43.4 Å². The number of hydrogen-bond donors (Lipinski definition) is 0. The van der Waals surface area contributed by atoms with Crippen LogP contribution in [0.15, 0.2) is 267 Å². The summed E-state index contributed by atoms with van der Waals surface area (Å²) in [5.74, 6) is 0.216. The number of nitrogens with zero attached hydrogens (tertiary/aromatic N) is 8. The zero-order valence-electron chi connectivity index (χ0n) is 44.5. The summed E-state index contributed by atoms with van der Waals surface area (Å²) in [5, 5.41) is 7.08. The van der Waals surface area contributed by atoms with Gasteiger partial charge in [0.05, 0.1) is 39.1 Å². The molecule has 14 aromatic rings. The van der Waals surface area contributed by atoms with Crippen molar-refractivity contribution in [1.29, 1.82) is 0 Å². The molecule has 0 saturated heterocycles. The second-order valence-corrected chi connectivity index (χ2v) is 22.2. The number of fused-ring (bicyclic) bond motifs is 12. The molecule has 0 bridgehead atoms. The van der Waals surface area contributed by atoms with E-state index < -0.39 is 0 Å². The first kappa shape index (κ1) is 46.9. The number of hydrogen-bond acceptors (Lipinski definition) is 5. The van der Waals surface area contributed by atoms with Gasteiger partial charge in [-0.2, -0.15) is 0 Å². The molecule has 8 heterocycles. The average molecular weight is 1040 g/mol. The minimum atomic E-state index is -0.268. The molecule has 0 N–H and O–H groups in total. The van der Waals surface area contributed by atoms with Crippen molar-refractivity contribution in [3.63, 3.8) is 0 Å². The van der Waals surface area contributed by atoms with E-state index in [0.717, 1.165) is 75.5 Å². The van der Waals surface area contributed by atoms with E-state index in [-0.39, 0.29) is 17.4 Å². The van der Waals surface area contributed by atoms with Crippen molar-refractivity contribution in [1.82, 2.24) is 28.7 Å². The predicted molar refractivity (Wildman–Crippen MR) is 332 cm³/mol. The number of pyridine rings is 3. The highest BCUT2D eigenvalue weighted by Gasteiger charge is 2.38. The Kier molecular flexibility index (Phi) is 11.0. The summed E-state index contributed by atoms with van der Waals surface area (Å²) >= 11 is 0. The van der Waals surface area contributed by atoms with Crippen LogP contribution < -0.4 is 4.90 Å². The molecule has 2 aliphatic heterocycles. The fraction of sp³-hybridized carbons (Fsp3) is 0.0959. The van der Waals surface area contributed by atoms with Crippen molar-refractivity contribution in [3.8, 4) is 17.1 Å². The molecule has 8 aromatic carbocycles. The van der Waals surface area contributed by atoms with Crippen LogP contribution in [0.1, 0.15) is 33.7 Å². The monoisotopic (exact) mass is 1040 g/mol. The molecule has 2 unspecified atom stereocenters. The summed E-state index contributed by atoms with van der Waals surface area (Å²) in [4.78, 5) is 20.7. The molecule has 2 atom stereocenters. The lowest BCUT2D eigenvalue weighted by molar-refractivity contribution is 0.275. The maximum atomic E-state index is 4.59. The summed E-state index contributed by atoms with van der Waals surface area (Å²) in [7, 11) is 0. The van der Waals surface area contributed by atoms with Crippen LogP contribution in [0, 0.1) is 5.41 Å². The molecule has 8 heteroatoms. The quantitative estimate of drug-likeness (QED) is 0.122. The Morgan fingerprint density at radius 3 is 1.12 bits per heavy atom. The first-order valence-electron chi connectivity index (χ1n) is 28.1. The van der Waals surface area contributed by atoms with Crippen LogP contribution in [0.25, 0.3) is 82.5 Å². The van der Waals surface area contributed by atoms with E-state index in [4.69, 9.17) is 0 Å². The van der Waals surface area contributed by atoms with Crippen molar-refractivity contribution in [2.45, 2.75) is 37.6 Å². The minimum absolute atomic E-state index is 0.177. The van der Waals surface area contributed by atoms with Gasteiger partial charge in [0.2, 0.25) is 0 Å². The van der Waals surface area contributed by atoms with Gasteiger partial charge >= 0.3 is 0 Å². The molecular formula is C73H54N8. The van der Waals surface area contributed by atoms with Gasteiger partial charge in [-0.3, -0.25) is 19.9 Å². The number of rotatable bonds is 12. The van der Waals surface area contributed by atoms with Gasteiger partial charge in [-0.1, -0.05) is 121 Å². The van der Waals surface area contributed by atoms with Crippen molar-refractivity contribution in [2.75, 3.05) is 4.90 Å². The van der Waals surface area contributed by atoms with E-state index in [0.29, 0.717) is 0 Å². The molecule has 0 aliphatic carbocycles. The normalized spacial score (nSPS) is 15.0. The predicted octanol–water partition coefficient (Wildman–Crippen LogP) is 16.6. The van der Waals surface area contributed by atoms with Crippen molar-refractivity contribution in [2.24, 2.45) is 10.4 Å². The SMILES string of the molecule is C1=CC2C(C=N1)c1ccccc1N2c1ccc(CC(Cc2ccc(-n3c4ccccc4c4cnccc43)cc2)(Cc2ccc(-n3c4ccccc4c4cnccc43)cc2)Cc2ccc(-n3c4ccccc4c4cnccc43)cc2)cc1. The molecule has 386 valence electrons. The Bertz CT molecular complexity index is 4230. The van der Waals surface area contributed by atoms with Crippen molar-refractivity contribution in [3.05, 3.63) is 290 Å². The van der Waals surface area contributed by atoms with E-state index in [1.54, 1.807) is 0 Å². The summed E-state index contributed by atoms with van der Waals surface area (Å²) in [5.41, 5.74) is 19.1. The zero-order valence-corrected chi connectivity index (χ0v) is 44.5. The molecule has 0 fully saturated rings. The molecule has 2 aliphatic rings. The summed E-state index contributed by atoms with van der Waals surface area (Å²) in [6.07, 6.45) is 21.4. The Balaban J connectivity index is 0.822. The number of para-hydroxylation sites is 4. The molecule has 8 nitrogen and oxygen atoms in total. The van der Waals surface area contributed by atoms with Gasteiger partial charge in [0.25, 0.3) is 0 Å². The molecule has 0 amide bonds. The van der Waals surface area contributed by atoms with Crippen LogP contribution in [0.4, 0.5) is 11.4 Å². The highest BCUT2D eigenvalue weighted by Crippen LogP contribution is 2.47. The van der Waals surface area contributed by atoms with Gasteiger partial charge < -0.3 is 18.6 Å². The van der Waals surface area contributed by atoms with Crippen LogP contribution in [0.2, 0.25) is 0 Å². The molecular weight excluding hydrogens is 989 g/mol. The molecule has 16 rings (SSSR count). The third kappa shape index (κ3) is 7.88. The summed E-state index contributed by atoms with van der Waals surface area (Å²) in [6.45, 7) is 0. The number of aliphatic imine (C=N–C) groups is 1. The molecule has 0 spiro atoms. The number of aromatic nitrogens is 6. The standard InChI is InChI=1S/C73H54N8/c1-5-13-65-57(9-1)61-45-74-37-33-69(61)78(65)53-25-17-49(18-26-53)41-73(42-50-19-27-54(28-20-50)79-66-14-6-2-10-58(66)62-46-75-38-34-70(62)79,43-51-21-29-55(30-22-51)80-67-15-7-3-11-59(67)63-47-76-39-35-71(63)80)44-52-23-31-56(32-24-52)81-68-16-8-4-12-60(68)64-48-77-40-36-72(64)81/h1-40,45-48,61,69H,41-44H2. The third-order valence-corrected chi connectivity index (χ3v) is 17.4. The fourth-order valence-corrected chi connectivity index (χ4v) is 13.9. The summed E-state index contributed by atoms with van der Waals surface area (Å²) in [6, 6.07) is 79.0. The molecule has 6 aromatic heterocycles. The highest BCUT2D eigenvalue weighted by molar-refractivity contribution is 6.10. The second kappa shape index (κ2) is 19.0. The minimum Gasteiger partial charge on any atom is -0.333 e. The maximum absolute atomic E-state index is 4.59. The lowest BCUT2D eigenvalue weighted by Crippen LogP contribution is -2.32. The first-order valence-corrected chi connectivity index (χ1v) is 28.1. The Morgan fingerprint density at radius 2 is 0.704 bits per heavy atom. The highest BCUT2D eigenvalue weighted by atomic mass is 15.2. The smallest absolute Gasteiger partial charge is 0.0659 e. The maximum Gasteiger partial charge on any atom is 0.0659 e. The number of anilines is 2. The van der Waals surface area contributed by atoms with Crippen LogP contribution in [0.5, 0.6) is 0 Å². The van der Waals surface area contributed by atoms with Gasteiger partial charge in [-0.05, 0) is 156 Å². The summed E-state index contributed by atoms with van der Waals surface area (Å²) < 4.78 is 7.14. The molecule has 0 saturated carbocycles. The van der Waals surface area contributed by atoms with Gasteiger partial charge in [0, 0.05) is 116 Å². The molecule has 81 heavy (non-hydrogen) atoms. The van der Waals surface area contributed by atoms with Gasteiger partial charge in [-0.15, -0.1) is 0 Å². The van der Waals surface area contributed by atoms with Crippen LogP contribution >= 0.6 is 0 Å². The van der Waals surface area contributed by atoms with Crippen LogP contribution in [-0.4, -0.2) is 40.9 Å². The van der Waals surface area contributed by atoms with Gasteiger partial charge in [-0.25, -0.2) is 0 Å². The van der Waals surface area contributed by atoms with Gasteiger partial charge in [0.1, 0.15) is 0 Å².